The average molecular weight is 768 g/mol. The van der Waals surface area contributed by atoms with Crippen LogP contribution in [0.5, 0.6) is 0 Å². The van der Waals surface area contributed by atoms with Crippen LogP contribution < -0.4 is 38.1 Å². The van der Waals surface area contributed by atoms with Gasteiger partial charge in [0.2, 0.25) is 17.7 Å². The maximum absolute atomic E-state index is 13.5. The molecule has 0 radical (unpaired) electrons. The molecule has 0 aliphatic carbocycles. The van der Waals surface area contributed by atoms with Crippen LogP contribution in [0.3, 0.4) is 0 Å². The number of ether oxygens (including phenoxy) is 2. The second-order valence-electron chi connectivity index (χ2n) is 13.2. The van der Waals surface area contributed by atoms with E-state index in [1.807, 2.05) is 63.3 Å². The fourth-order valence-corrected chi connectivity index (χ4v) is 5.06. The summed E-state index contributed by atoms with van der Waals surface area (Å²) in [7, 11) is 0. The summed E-state index contributed by atoms with van der Waals surface area (Å²) in [6.07, 6.45) is 5.41. The van der Waals surface area contributed by atoms with Crippen LogP contribution in [0.25, 0.3) is 0 Å². The molecular formula is C42H53N7O7. The van der Waals surface area contributed by atoms with Gasteiger partial charge in [-0.15, -0.1) is 0 Å². The van der Waals surface area contributed by atoms with Crippen molar-refractivity contribution < 1.29 is 33.4 Å². The third kappa shape index (κ3) is 15.6. The number of carbonyl (C=O) groups excluding carboxylic acids is 5. The molecular weight excluding hydrogens is 715 g/mol. The highest BCUT2D eigenvalue weighted by atomic mass is 16.6. The fourth-order valence-electron chi connectivity index (χ4n) is 5.06. The normalized spacial score (nSPS) is 13.4. The van der Waals surface area contributed by atoms with Crippen molar-refractivity contribution in [3.63, 3.8) is 0 Å². The van der Waals surface area contributed by atoms with Gasteiger partial charge in [0.05, 0.1) is 6.04 Å². The summed E-state index contributed by atoms with van der Waals surface area (Å²) in [6.45, 7) is 11.0. The minimum Gasteiger partial charge on any atom is -0.444 e. The summed E-state index contributed by atoms with van der Waals surface area (Å²) in [5.74, 6) is -1.61. The first kappa shape index (κ1) is 44.1. The largest absolute Gasteiger partial charge is 0.444 e. The van der Waals surface area contributed by atoms with Gasteiger partial charge < -0.3 is 36.9 Å². The summed E-state index contributed by atoms with van der Waals surface area (Å²) in [4.78, 5) is 64.0. The molecule has 0 spiro atoms. The first-order valence-corrected chi connectivity index (χ1v) is 18.3. The van der Waals surface area contributed by atoms with E-state index in [4.69, 9.17) is 20.9 Å². The Hall–Kier alpha value is -6.25. The average Bonchev–Trinajstić information content (AvgIpc) is 3.18. The molecule has 14 nitrogen and oxygen atoms in total. The molecule has 3 rings (SSSR count). The maximum atomic E-state index is 13.5. The Labute approximate surface area is 328 Å². The fraction of sp³-hybridized carbons (Fsp3) is 0.310. The van der Waals surface area contributed by atoms with Crippen LogP contribution in [0.15, 0.2) is 115 Å². The molecule has 0 aliphatic rings. The lowest BCUT2D eigenvalue weighted by Gasteiger charge is -2.27. The quantitative estimate of drug-likeness (QED) is 0.0785. The predicted octanol–water partition coefficient (Wildman–Crippen LogP) is 5.32. The van der Waals surface area contributed by atoms with Crippen LogP contribution >= 0.6 is 0 Å². The maximum Gasteiger partial charge on any atom is 0.411 e. The standard InChI is InChI=1S/C42H53N7O7/c1-6-11-35(44)37(49-39(51)36(48-38(50)29(5)43)24-30-12-9-8-10-13-30)40(52)46-33-20-16-31(17-21-33)26-56-42(54)47-34-22-18-32(19-23-34)25-55-41(53)45-28(4)15-14-27(3)7-2/h7-10,12-23,29,35-37H,4,6,11,24-26,43-44H2,1-3,5H3,(H,45,53)(H,46,52)(H,47,54)(H,48,50)(H,49,51)/b15-14-,27-7-/t29-,35?,36+,37+/m1/s1. The van der Waals surface area contributed by atoms with Gasteiger partial charge in [0.1, 0.15) is 25.3 Å². The van der Waals surface area contributed by atoms with Gasteiger partial charge in [0, 0.05) is 29.5 Å². The van der Waals surface area contributed by atoms with Gasteiger partial charge in [0.25, 0.3) is 0 Å². The number of benzene rings is 3. The molecule has 0 saturated carbocycles. The van der Waals surface area contributed by atoms with Crippen LogP contribution in [0.4, 0.5) is 21.0 Å². The molecule has 298 valence electrons. The van der Waals surface area contributed by atoms with Crippen molar-refractivity contribution in [3.8, 4) is 0 Å². The minimum absolute atomic E-state index is 0.0161. The van der Waals surface area contributed by atoms with Crippen molar-refractivity contribution in [2.45, 2.75) is 84.3 Å². The number of amides is 5. The highest BCUT2D eigenvalue weighted by Gasteiger charge is 2.31. The van der Waals surface area contributed by atoms with E-state index in [9.17, 15) is 24.0 Å². The second kappa shape index (κ2) is 22.8. The third-order valence-corrected chi connectivity index (χ3v) is 8.39. The number of alkyl carbamates (subject to hydrolysis) is 1. The highest BCUT2D eigenvalue weighted by Crippen LogP contribution is 2.15. The van der Waals surface area contributed by atoms with Crippen molar-refractivity contribution in [1.82, 2.24) is 16.0 Å². The Morgan fingerprint density at radius 1 is 0.732 bits per heavy atom. The molecule has 14 heteroatoms. The van der Waals surface area contributed by atoms with Crippen LogP contribution in [-0.4, -0.2) is 54.1 Å². The van der Waals surface area contributed by atoms with Gasteiger partial charge in [-0.1, -0.05) is 92.2 Å². The Balaban J connectivity index is 1.52. The molecule has 0 saturated heterocycles. The molecule has 1 unspecified atom stereocenters. The number of rotatable bonds is 19. The topological polar surface area (TPSA) is 216 Å². The number of nitrogens with one attached hydrogen (secondary N) is 5. The SMILES string of the molecule is C=C(/C=C\C(C)=C/C)NC(=O)OCc1ccc(NC(=O)OCc2ccc(NC(=O)[C@@H](NC(=O)[C@H](Cc3ccccc3)NC(=O)[C@@H](C)N)C(N)CCC)cc2)cc1. The molecule has 3 aromatic carbocycles. The van der Waals surface area contributed by atoms with Crippen molar-refractivity contribution in [1.29, 1.82) is 0 Å². The van der Waals surface area contributed by atoms with E-state index < -0.39 is 54.1 Å². The zero-order valence-electron chi connectivity index (χ0n) is 32.3. The van der Waals surface area contributed by atoms with Crippen molar-refractivity contribution >= 4 is 41.3 Å². The van der Waals surface area contributed by atoms with Crippen molar-refractivity contribution in [2.75, 3.05) is 10.6 Å². The van der Waals surface area contributed by atoms with Crippen LogP contribution in [-0.2, 0) is 43.5 Å². The Morgan fingerprint density at radius 2 is 1.30 bits per heavy atom. The van der Waals surface area contributed by atoms with Crippen LogP contribution in [0, 0.1) is 0 Å². The molecule has 4 atom stereocenters. The van der Waals surface area contributed by atoms with Crippen LogP contribution in [0.1, 0.15) is 57.2 Å². The number of hydrogen-bond acceptors (Lipinski definition) is 9. The van der Waals surface area contributed by atoms with Gasteiger partial charge in [-0.25, -0.2) is 9.59 Å². The summed E-state index contributed by atoms with van der Waals surface area (Å²) < 4.78 is 10.6. The molecule has 9 N–H and O–H groups in total. The molecule has 0 aliphatic heterocycles. The van der Waals surface area contributed by atoms with Gasteiger partial charge in [0.15, 0.2) is 0 Å². The highest BCUT2D eigenvalue weighted by molar-refractivity contribution is 5.99. The van der Waals surface area contributed by atoms with Gasteiger partial charge in [-0.2, -0.15) is 0 Å². The monoisotopic (exact) mass is 767 g/mol. The lowest BCUT2D eigenvalue weighted by molar-refractivity contribution is -0.131. The Kier molecular flexibility index (Phi) is 18.0. The Bertz CT molecular complexity index is 1840. The molecule has 0 fully saturated rings. The summed E-state index contributed by atoms with van der Waals surface area (Å²) in [5, 5.41) is 13.4. The first-order valence-electron chi connectivity index (χ1n) is 18.3. The smallest absolute Gasteiger partial charge is 0.411 e. The third-order valence-electron chi connectivity index (χ3n) is 8.39. The van der Waals surface area contributed by atoms with E-state index in [0.29, 0.717) is 41.0 Å². The van der Waals surface area contributed by atoms with E-state index in [0.717, 1.165) is 11.1 Å². The number of hydrogen-bond donors (Lipinski definition) is 7. The van der Waals surface area contributed by atoms with Crippen molar-refractivity contribution in [2.24, 2.45) is 11.5 Å². The molecule has 0 aromatic heterocycles. The summed E-state index contributed by atoms with van der Waals surface area (Å²) in [6, 6.07) is 18.9. The number of carbonyl (C=O) groups is 5. The number of anilines is 2. The first-order chi connectivity index (χ1) is 26.8. The van der Waals surface area contributed by atoms with E-state index in [1.54, 1.807) is 54.6 Å². The zero-order valence-corrected chi connectivity index (χ0v) is 32.3. The minimum atomic E-state index is -1.11. The number of allylic oxidation sites excluding steroid dienone is 4. The van der Waals surface area contributed by atoms with E-state index in [1.165, 1.54) is 6.92 Å². The molecule has 0 heterocycles. The van der Waals surface area contributed by atoms with Gasteiger partial charge >= 0.3 is 12.2 Å². The zero-order chi connectivity index (χ0) is 41.0. The van der Waals surface area contributed by atoms with E-state index in [2.05, 4.69) is 33.2 Å². The van der Waals surface area contributed by atoms with Gasteiger partial charge in [-0.05, 0) is 74.2 Å². The number of nitrogens with two attached hydrogens (primary N) is 2. The summed E-state index contributed by atoms with van der Waals surface area (Å²) >= 11 is 0. The summed E-state index contributed by atoms with van der Waals surface area (Å²) in [5.41, 5.74) is 16.6. The van der Waals surface area contributed by atoms with Crippen molar-refractivity contribution in [3.05, 3.63) is 132 Å². The van der Waals surface area contributed by atoms with Crippen LogP contribution in [0.2, 0.25) is 0 Å². The van der Waals surface area contributed by atoms with E-state index >= 15 is 0 Å². The van der Waals surface area contributed by atoms with Gasteiger partial charge in [-0.3, -0.25) is 25.0 Å². The molecule has 0 bridgehead atoms. The molecule has 3 aromatic rings. The Morgan fingerprint density at radius 3 is 1.86 bits per heavy atom. The lowest BCUT2D eigenvalue weighted by Crippen LogP contribution is -2.59. The molecule has 5 amide bonds. The lowest BCUT2D eigenvalue weighted by atomic mass is 10.0. The second-order valence-corrected chi connectivity index (χ2v) is 13.2. The van der Waals surface area contributed by atoms with E-state index in [-0.39, 0.29) is 19.6 Å². The predicted molar refractivity (Wildman–Crippen MR) is 217 cm³/mol. The molecule has 56 heavy (non-hydrogen) atoms.